The summed E-state index contributed by atoms with van der Waals surface area (Å²) in [6.45, 7) is 4.08. The fourth-order valence-electron chi connectivity index (χ4n) is 2.20. The van der Waals surface area contributed by atoms with Crippen molar-refractivity contribution in [2.45, 2.75) is 19.5 Å². The van der Waals surface area contributed by atoms with Gasteiger partial charge in [-0.25, -0.2) is 0 Å². The molecule has 1 unspecified atom stereocenters. The summed E-state index contributed by atoms with van der Waals surface area (Å²) in [5, 5.41) is 9.08. The van der Waals surface area contributed by atoms with Crippen LogP contribution in [0.3, 0.4) is 0 Å². The lowest BCUT2D eigenvalue weighted by atomic mass is 10.1. The summed E-state index contributed by atoms with van der Waals surface area (Å²) < 4.78 is 0. The first-order chi connectivity index (χ1) is 8.09. The fraction of sp³-hybridized carbons (Fsp3) is 0.462. The van der Waals surface area contributed by atoms with Crippen LogP contribution in [0.2, 0.25) is 0 Å². The number of hydrogen-bond donors (Lipinski definition) is 1. The summed E-state index contributed by atoms with van der Waals surface area (Å²) in [5.74, 6) is -0.757. The van der Waals surface area contributed by atoms with E-state index >= 15 is 0 Å². The van der Waals surface area contributed by atoms with Crippen molar-refractivity contribution in [2.75, 3.05) is 25.0 Å². The van der Waals surface area contributed by atoms with E-state index in [2.05, 4.69) is 17.0 Å². The average Bonchev–Trinajstić information content (AvgIpc) is 2.48. The molecule has 0 saturated carbocycles. The lowest BCUT2D eigenvalue weighted by Crippen LogP contribution is -2.40. The number of aliphatic carboxylic acids is 1. The van der Waals surface area contributed by atoms with Gasteiger partial charge < -0.3 is 10.0 Å². The van der Waals surface area contributed by atoms with Gasteiger partial charge >= 0.3 is 5.97 Å². The van der Waals surface area contributed by atoms with Crippen LogP contribution in [0.1, 0.15) is 12.5 Å². The van der Waals surface area contributed by atoms with E-state index in [0.717, 1.165) is 13.1 Å². The van der Waals surface area contributed by atoms with Gasteiger partial charge in [-0.2, -0.15) is 0 Å². The summed E-state index contributed by atoms with van der Waals surface area (Å²) >= 11 is 0. The van der Waals surface area contributed by atoms with Crippen LogP contribution in [-0.4, -0.2) is 42.2 Å². The molecule has 1 aliphatic heterocycles. The predicted molar refractivity (Wildman–Crippen MR) is 67.2 cm³/mol. The molecular weight excluding hydrogens is 216 g/mol. The van der Waals surface area contributed by atoms with Crippen molar-refractivity contribution in [3.05, 3.63) is 29.8 Å². The highest BCUT2D eigenvalue weighted by Crippen LogP contribution is 2.24. The number of anilines is 1. The highest BCUT2D eigenvalue weighted by molar-refractivity contribution is 5.73. The smallest absolute Gasteiger partial charge is 0.320 e. The predicted octanol–water partition coefficient (Wildman–Crippen LogP) is 1.41. The Kier molecular flexibility index (Phi) is 3.33. The molecule has 1 aromatic carbocycles. The largest absolute Gasteiger partial charge is 0.480 e. The Morgan fingerprint density at radius 2 is 2.06 bits per heavy atom. The molecule has 0 aromatic heterocycles. The molecule has 0 radical (unpaired) electrons. The Labute approximate surface area is 101 Å². The topological polar surface area (TPSA) is 43.8 Å². The zero-order valence-electron chi connectivity index (χ0n) is 10.3. The van der Waals surface area contributed by atoms with Crippen molar-refractivity contribution in [1.82, 2.24) is 4.90 Å². The van der Waals surface area contributed by atoms with Crippen molar-refractivity contribution < 1.29 is 9.90 Å². The van der Waals surface area contributed by atoms with Crippen LogP contribution >= 0.6 is 0 Å². The first kappa shape index (κ1) is 11.9. The molecule has 1 atom stereocenters. The molecule has 4 heteroatoms. The van der Waals surface area contributed by atoms with Gasteiger partial charge in [-0.1, -0.05) is 18.2 Å². The van der Waals surface area contributed by atoms with Crippen LogP contribution in [0.15, 0.2) is 24.3 Å². The van der Waals surface area contributed by atoms with Gasteiger partial charge in [0, 0.05) is 32.4 Å². The van der Waals surface area contributed by atoms with Crippen molar-refractivity contribution in [2.24, 2.45) is 0 Å². The third kappa shape index (κ3) is 2.42. The van der Waals surface area contributed by atoms with Crippen molar-refractivity contribution >= 4 is 11.7 Å². The molecule has 0 bridgehead atoms. The maximum absolute atomic E-state index is 11.0. The van der Waals surface area contributed by atoms with Gasteiger partial charge in [0.2, 0.25) is 0 Å². The molecule has 4 nitrogen and oxygen atoms in total. The number of fused-ring (bicyclic) bond motifs is 1. The summed E-state index contributed by atoms with van der Waals surface area (Å²) in [6, 6.07) is 7.74. The minimum atomic E-state index is -0.757. The second-order valence-electron chi connectivity index (χ2n) is 4.53. The van der Waals surface area contributed by atoms with Gasteiger partial charge in [0.25, 0.3) is 0 Å². The Hall–Kier alpha value is -1.55. The Morgan fingerprint density at radius 3 is 2.76 bits per heavy atom. The number of likely N-dealkylation sites (N-methyl/N-ethyl adjacent to an activating group) is 1. The third-order valence-corrected chi connectivity index (χ3v) is 3.40. The summed E-state index contributed by atoms with van der Waals surface area (Å²) in [5.41, 5.74) is 2.40. The van der Waals surface area contributed by atoms with E-state index in [1.54, 1.807) is 6.92 Å². The maximum atomic E-state index is 11.0. The van der Waals surface area contributed by atoms with Crippen molar-refractivity contribution in [3.8, 4) is 0 Å². The van der Waals surface area contributed by atoms with E-state index in [-0.39, 0.29) is 0 Å². The van der Waals surface area contributed by atoms with E-state index in [1.807, 2.05) is 24.1 Å². The quantitative estimate of drug-likeness (QED) is 0.840. The molecule has 1 heterocycles. The van der Waals surface area contributed by atoms with Crippen LogP contribution in [0.5, 0.6) is 0 Å². The molecule has 17 heavy (non-hydrogen) atoms. The van der Waals surface area contributed by atoms with E-state index in [9.17, 15) is 4.79 Å². The molecule has 0 fully saturated rings. The zero-order chi connectivity index (χ0) is 12.4. The van der Waals surface area contributed by atoms with Gasteiger partial charge in [0.05, 0.1) is 0 Å². The second-order valence-corrected chi connectivity index (χ2v) is 4.53. The van der Waals surface area contributed by atoms with Crippen molar-refractivity contribution in [3.63, 3.8) is 0 Å². The number of carbonyl (C=O) groups is 1. The molecule has 0 aliphatic carbocycles. The number of carboxylic acids is 1. The van der Waals surface area contributed by atoms with E-state index in [0.29, 0.717) is 6.54 Å². The first-order valence-corrected chi connectivity index (χ1v) is 5.85. The second kappa shape index (κ2) is 4.75. The molecule has 92 valence electrons. The number of carboxylic acid groups (broad SMARTS) is 1. The molecule has 0 amide bonds. The van der Waals surface area contributed by atoms with Gasteiger partial charge in [-0.3, -0.25) is 9.69 Å². The molecule has 2 rings (SSSR count). The van der Waals surface area contributed by atoms with Crippen LogP contribution < -0.4 is 4.90 Å². The fourth-order valence-corrected chi connectivity index (χ4v) is 2.20. The van der Waals surface area contributed by atoms with Crippen LogP contribution in [-0.2, 0) is 11.3 Å². The first-order valence-electron chi connectivity index (χ1n) is 5.85. The zero-order valence-corrected chi connectivity index (χ0v) is 10.3. The average molecular weight is 234 g/mol. The molecule has 0 saturated heterocycles. The van der Waals surface area contributed by atoms with E-state index in [1.165, 1.54) is 11.3 Å². The molecule has 1 N–H and O–H groups in total. The van der Waals surface area contributed by atoms with Gasteiger partial charge in [0.1, 0.15) is 6.04 Å². The van der Waals surface area contributed by atoms with Crippen molar-refractivity contribution in [1.29, 1.82) is 0 Å². The maximum Gasteiger partial charge on any atom is 0.320 e. The number of para-hydroxylation sites is 1. The molecule has 0 spiro atoms. The van der Waals surface area contributed by atoms with E-state index < -0.39 is 12.0 Å². The Balaban J connectivity index is 2.26. The lowest BCUT2D eigenvalue weighted by Gasteiger charge is -2.24. The minimum Gasteiger partial charge on any atom is -0.480 e. The molecule has 1 aliphatic rings. The van der Waals surface area contributed by atoms with Gasteiger partial charge in [0.15, 0.2) is 0 Å². The summed E-state index contributed by atoms with van der Waals surface area (Å²) in [4.78, 5) is 15.2. The standard InChI is InChI=1S/C13H18N2O2/c1-10(13(16)17)15-8-7-14(2)12-6-4-3-5-11(12)9-15/h3-6,10H,7-9H2,1-2H3,(H,16,17). The summed E-state index contributed by atoms with van der Waals surface area (Å²) in [7, 11) is 2.05. The third-order valence-electron chi connectivity index (χ3n) is 3.40. The van der Waals surface area contributed by atoms with Gasteiger partial charge in [-0.05, 0) is 18.6 Å². The normalized spacial score (nSPS) is 18.4. The monoisotopic (exact) mass is 234 g/mol. The highest BCUT2D eigenvalue weighted by atomic mass is 16.4. The summed E-state index contributed by atoms with van der Waals surface area (Å²) in [6.07, 6.45) is 0. The van der Waals surface area contributed by atoms with Crippen LogP contribution in [0, 0.1) is 0 Å². The lowest BCUT2D eigenvalue weighted by molar-refractivity contribution is -0.142. The number of rotatable bonds is 2. The van der Waals surface area contributed by atoms with Crippen LogP contribution in [0.4, 0.5) is 5.69 Å². The number of nitrogens with zero attached hydrogens (tertiary/aromatic N) is 2. The Bertz CT molecular complexity index is 420. The number of hydrogen-bond acceptors (Lipinski definition) is 3. The van der Waals surface area contributed by atoms with Gasteiger partial charge in [-0.15, -0.1) is 0 Å². The minimum absolute atomic E-state index is 0.436. The molecular formula is C13H18N2O2. The highest BCUT2D eigenvalue weighted by Gasteiger charge is 2.24. The van der Waals surface area contributed by atoms with Crippen LogP contribution in [0.25, 0.3) is 0 Å². The number of benzene rings is 1. The van der Waals surface area contributed by atoms with E-state index in [4.69, 9.17) is 5.11 Å². The Morgan fingerprint density at radius 1 is 1.35 bits per heavy atom. The SMILES string of the molecule is CC(C(=O)O)N1CCN(C)c2ccccc2C1. The molecule has 1 aromatic rings.